The van der Waals surface area contributed by atoms with Gasteiger partial charge in [0, 0.05) is 5.41 Å². The van der Waals surface area contributed by atoms with E-state index in [0.29, 0.717) is 19.3 Å². The third kappa shape index (κ3) is 7.28. The largest absolute Gasteiger partial charge is 0.481 e. The van der Waals surface area contributed by atoms with E-state index in [4.69, 9.17) is 9.26 Å². The summed E-state index contributed by atoms with van der Waals surface area (Å²) in [4.78, 5) is 30.2. The lowest BCUT2D eigenvalue weighted by atomic mass is 9.76. The molecule has 0 saturated carbocycles. The molecule has 8 heteroatoms. The maximum absolute atomic E-state index is 11.7. The van der Waals surface area contributed by atoms with E-state index in [2.05, 4.69) is 0 Å². The lowest BCUT2D eigenvalue weighted by Crippen LogP contribution is -2.48. The standard InChI is InChI=1S/C18H37O7P/c1-8-11-14(17(4,5)13(10-3)25-26(21,22)23)24-15(12-9-2)18(6,7)16(19)20/h13-15H,8-12H2,1-7H3,(H,19,20)(H2,21,22,23). The minimum absolute atomic E-state index is 0.390. The summed E-state index contributed by atoms with van der Waals surface area (Å²) < 4.78 is 22.7. The van der Waals surface area contributed by atoms with E-state index >= 15 is 0 Å². The van der Waals surface area contributed by atoms with Crippen molar-refractivity contribution in [1.29, 1.82) is 0 Å². The molecule has 3 N–H and O–H groups in total. The van der Waals surface area contributed by atoms with Crippen molar-refractivity contribution in [2.24, 2.45) is 10.8 Å². The topological polar surface area (TPSA) is 113 Å². The van der Waals surface area contributed by atoms with Gasteiger partial charge in [-0.1, -0.05) is 47.5 Å². The van der Waals surface area contributed by atoms with Crippen molar-refractivity contribution in [3.8, 4) is 0 Å². The summed E-state index contributed by atoms with van der Waals surface area (Å²) in [5.41, 5.74) is -1.77. The molecule has 0 amide bonds. The second-order valence-corrected chi connectivity index (χ2v) is 9.22. The van der Waals surface area contributed by atoms with Gasteiger partial charge in [0.15, 0.2) is 0 Å². The Balaban J connectivity index is 5.70. The highest BCUT2D eigenvalue weighted by Gasteiger charge is 2.45. The van der Waals surface area contributed by atoms with E-state index in [9.17, 15) is 24.3 Å². The summed E-state index contributed by atoms with van der Waals surface area (Å²) >= 11 is 0. The summed E-state index contributed by atoms with van der Waals surface area (Å²) in [7, 11) is -4.64. The molecule has 0 spiro atoms. The van der Waals surface area contributed by atoms with Crippen molar-refractivity contribution in [1.82, 2.24) is 0 Å². The number of phosphoric ester groups is 1. The van der Waals surface area contributed by atoms with E-state index in [0.717, 1.165) is 12.8 Å². The summed E-state index contributed by atoms with van der Waals surface area (Å²) in [5, 5.41) is 9.58. The normalized spacial score (nSPS) is 17.0. The molecule has 0 saturated heterocycles. The predicted octanol–water partition coefficient (Wildman–Crippen LogP) is 4.37. The first-order valence-corrected chi connectivity index (χ1v) is 10.9. The Morgan fingerprint density at radius 3 is 1.77 bits per heavy atom. The molecule has 26 heavy (non-hydrogen) atoms. The fourth-order valence-electron chi connectivity index (χ4n) is 3.18. The molecule has 0 aromatic heterocycles. The molecule has 0 aromatic carbocycles. The Morgan fingerprint density at radius 2 is 1.42 bits per heavy atom. The van der Waals surface area contributed by atoms with Crippen LogP contribution in [0.4, 0.5) is 0 Å². The van der Waals surface area contributed by atoms with E-state index < -0.39 is 36.8 Å². The van der Waals surface area contributed by atoms with Crippen LogP contribution in [0.15, 0.2) is 0 Å². The van der Waals surface area contributed by atoms with Gasteiger partial charge in [0.1, 0.15) is 0 Å². The lowest BCUT2D eigenvalue weighted by molar-refractivity contribution is -0.173. The van der Waals surface area contributed by atoms with Gasteiger partial charge in [-0.05, 0) is 33.1 Å². The van der Waals surface area contributed by atoms with Crippen LogP contribution >= 0.6 is 7.82 Å². The van der Waals surface area contributed by atoms with Crippen LogP contribution in [0.25, 0.3) is 0 Å². The molecule has 0 aliphatic heterocycles. The number of rotatable bonds is 13. The van der Waals surface area contributed by atoms with Crippen LogP contribution in [0, 0.1) is 10.8 Å². The van der Waals surface area contributed by atoms with Crippen LogP contribution in [0.5, 0.6) is 0 Å². The molecular formula is C18H37O7P. The molecule has 0 radical (unpaired) electrons. The molecule has 0 aromatic rings. The Labute approximate surface area is 157 Å². The molecule has 0 aliphatic carbocycles. The van der Waals surface area contributed by atoms with Gasteiger partial charge in [0.2, 0.25) is 0 Å². The molecule has 3 atom stereocenters. The van der Waals surface area contributed by atoms with Crippen LogP contribution in [-0.2, 0) is 18.6 Å². The molecule has 156 valence electrons. The molecule has 7 nitrogen and oxygen atoms in total. The Hall–Kier alpha value is -0.460. The lowest BCUT2D eigenvalue weighted by Gasteiger charge is -2.43. The zero-order chi connectivity index (χ0) is 20.8. The van der Waals surface area contributed by atoms with Gasteiger partial charge < -0.3 is 19.6 Å². The third-order valence-corrected chi connectivity index (χ3v) is 5.61. The first-order valence-electron chi connectivity index (χ1n) is 9.36. The van der Waals surface area contributed by atoms with E-state index in [-0.39, 0.29) is 6.10 Å². The van der Waals surface area contributed by atoms with Gasteiger partial charge in [-0.25, -0.2) is 4.57 Å². The number of carbonyl (C=O) groups is 1. The van der Waals surface area contributed by atoms with Crippen LogP contribution in [0.3, 0.4) is 0 Å². The first-order chi connectivity index (χ1) is 11.7. The monoisotopic (exact) mass is 396 g/mol. The van der Waals surface area contributed by atoms with Gasteiger partial charge in [0.05, 0.1) is 23.7 Å². The maximum atomic E-state index is 11.7. The fourth-order valence-corrected chi connectivity index (χ4v) is 3.94. The smallest absolute Gasteiger partial charge is 0.469 e. The first kappa shape index (κ1) is 25.5. The van der Waals surface area contributed by atoms with Crippen molar-refractivity contribution < 1.29 is 33.5 Å². The van der Waals surface area contributed by atoms with E-state index in [1.54, 1.807) is 20.8 Å². The summed E-state index contributed by atoms with van der Waals surface area (Å²) in [5.74, 6) is -0.928. The van der Waals surface area contributed by atoms with Crippen molar-refractivity contribution in [3.05, 3.63) is 0 Å². The number of aliphatic carboxylic acids is 1. The number of ether oxygens (including phenoxy) is 1. The highest BCUT2D eigenvalue weighted by molar-refractivity contribution is 7.46. The highest BCUT2D eigenvalue weighted by Crippen LogP contribution is 2.46. The van der Waals surface area contributed by atoms with E-state index in [1.807, 2.05) is 27.7 Å². The summed E-state index contributed by atoms with van der Waals surface area (Å²) in [6, 6.07) is 0. The number of carboxylic acid groups (broad SMARTS) is 1. The fraction of sp³-hybridized carbons (Fsp3) is 0.944. The van der Waals surface area contributed by atoms with Gasteiger partial charge in [0.25, 0.3) is 0 Å². The number of hydrogen-bond acceptors (Lipinski definition) is 4. The zero-order valence-corrected chi connectivity index (χ0v) is 18.1. The van der Waals surface area contributed by atoms with Crippen LogP contribution < -0.4 is 0 Å². The average Bonchev–Trinajstić information content (AvgIpc) is 2.49. The maximum Gasteiger partial charge on any atom is 0.469 e. The van der Waals surface area contributed by atoms with Crippen molar-refractivity contribution in [2.75, 3.05) is 0 Å². The van der Waals surface area contributed by atoms with Gasteiger partial charge in [-0.3, -0.25) is 9.32 Å². The zero-order valence-electron chi connectivity index (χ0n) is 17.2. The quantitative estimate of drug-likeness (QED) is 0.396. The molecule has 3 unspecified atom stereocenters. The predicted molar refractivity (Wildman–Crippen MR) is 101 cm³/mol. The molecule has 0 fully saturated rings. The Kier molecular flexibility index (Phi) is 10.0. The number of carboxylic acids is 1. The average molecular weight is 396 g/mol. The van der Waals surface area contributed by atoms with Crippen LogP contribution in [0.1, 0.15) is 80.6 Å². The summed E-state index contributed by atoms with van der Waals surface area (Å²) in [6.07, 6.45) is 1.60. The third-order valence-electron chi connectivity index (χ3n) is 5.08. The molecule has 0 rings (SSSR count). The number of phosphoric acid groups is 1. The molecular weight excluding hydrogens is 359 g/mol. The second-order valence-electron chi connectivity index (χ2n) is 8.03. The van der Waals surface area contributed by atoms with E-state index in [1.165, 1.54) is 0 Å². The van der Waals surface area contributed by atoms with Gasteiger partial charge >= 0.3 is 13.8 Å². The van der Waals surface area contributed by atoms with Gasteiger partial charge in [-0.15, -0.1) is 0 Å². The Morgan fingerprint density at radius 1 is 0.962 bits per heavy atom. The van der Waals surface area contributed by atoms with Gasteiger partial charge in [-0.2, -0.15) is 0 Å². The Bertz CT molecular complexity index is 484. The van der Waals surface area contributed by atoms with Crippen molar-refractivity contribution in [3.63, 3.8) is 0 Å². The molecule has 0 heterocycles. The number of hydrogen-bond donors (Lipinski definition) is 3. The SMILES string of the molecule is CCCC(OC(CCC)C(C)(C)C(CC)OP(=O)(O)O)C(C)(C)C(=O)O. The van der Waals surface area contributed by atoms with Crippen molar-refractivity contribution >= 4 is 13.8 Å². The van der Waals surface area contributed by atoms with Crippen LogP contribution in [0.2, 0.25) is 0 Å². The van der Waals surface area contributed by atoms with Crippen molar-refractivity contribution in [2.45, 2.75) is 98.9 Å². The van der Waals surface area contributed by atoms with Crippen LogP contribution in [-0.4, -0.2) is 39.2 Å². The minimum Gasteiger partial charge on any atom is -0.481 e. The molecule has 0 bridgehead atoms. The second kappa shape index (κ2) is 10.2. The summed E-state index contributed by atoms with van der Waals surface area (Å²) in [6.45, 7) is 12.8. The minimum atomic E-state index is -4.64. The highest BCUT2D eigenvalue weighted by atomic mass is 31.2. The molecule has 0 aliphatic rings.